The number of aryl methyl sites for hydroxylation is 3. The Kier molecular flexibility index (Phi) is 12.1. The lowest BCUT2D eigenvalue weighted by Crippen LogP contribution is -2.42. The van der Waals surface area contributed by atoms with Gasteiger partial charge in [0, 0.05) is 95.7 Å². The second-order valence-electron chi connectivity index (χ2n) is 13.4. The van der Waals surface area contributed by atoms with Crippen molar-refractivity contribution in [3.63, 3.8) is 0 Å². The number of benzene rings is 2. The molecule has 2 aliphatic rings. The minimum Gasteiger partial charge on any atom is -0.381 e. The predicted octanol–water partition coefficient (Wildman–Crippen LogP) is 4.70. The smallest absolute Gasteiger partial charge is 0.220 e. The molecule has 0 radical (unpaired) electrons. The van der Waals surface area contributed by atoms with E-state index in [0.29, 0.717) is 13.1 Å². The zero-order chi connectivity index (χ0) is 34.9. The Balaban J connectivity index is 1.04. The molecule has 11 heteroatoms. The van der Waals surface area contributed by atoms with Gasteiger partial charge in [0.05, 0.1) is 17.3 Å². The van der Waals surface area contributed by atoms with Crippen molar-refractivity contribution in [2.45, 2.75) is 85.1 Å². The summed E-state index contributed by atoms with van der Waals surface area (Å²) in [6, 6.07) is 15.4. The van der Waals surface area contributed by atoms with Crippen molar-refractivity contribution in [1.29, 1.82) is 0 Å². The molecule has 2 aromatic carbocycles. The van der Waals surface area contributed by atoms with E-state index < -0.39 is 0 Å². The lowest BCUT2D eigenvalue weighted by molar-refractivity contribution is -0.126. The van der Waals surface area contributed by atoms with Crippen LogP contribution in [0.3, 0.4) is 0 Å². The summed E-state index contributed by atoms with van der Waals surface area (Å²) in [6.45, 7) is 14.3. The van der Waals surface area contributed by atoms with E-state index in [0.717, 1.165) is 105 Å². The van der Waals surface area contributed by atoms with Gasteiger partial charge in [-0.15, -0.1) is 0 Å². The number of ether oxygens (including phenoxy) is 1. The molecule has 0 spiro atoms. The molecule has 0 unspecified atom stereocenters. The van der Waals surface area contributed by atoms with E-state index in [9.17, 15) is 9.59 Å². The van der Waals surface area contributed by atoms with Crippen molar-refractivity contribution < 1.29 is 14.3 Å². The Labute approximate surface area is 295 Å². The third-order valence-electron chi connectivity index (χ3n) is 9.86. The maximum Gasteiger partial charge on any atom is 0.220 e. The highest BCUT2D eigenvalue weighted by atomic mass is 16.5. The monoisotopic (exact) mass is 680 g/mol. The summed E-state index contributed by atoms with van der Waals surface area (Å²) in [5.41, 5.74) is 9.64. The van der Waals surface area contributed by atoms with Crippen LogP contribution in [0.5, 0.6) is 0 Å². The minimum absolute atomic E-state index is 0.110. The summed E-state index contributed by atoms with van der Waals surface area (Å²) in [6.07, 6.45) is 4.66. The number of carbonyl (C=O) groups excluding carboxylic acids is 2. The molecule has 0 aliphatic carbocycles. The van der Waals surface area contributed by atoms with Crippen LogP contribution < -0.4 is 21.3 Å². The molecule has 6 rings (SSSR count). The van der Waals surface area contributed by atoms with Crippen LogP contribution in [-0.4, -0.2) is 76.9 Å². The number of hydrogen-bond acceptors (Lipinski definition) is 8. The molecule has 4 N–H and O–H groups in total. The molecule has 2 amide bonds. The number of carbonyl (C=O) groups is 2. The van der Waals surface area contributed by atoms with Gasteiger partial charge in [-0.25, -0.2) is 9.67 Å². The van der Waals surface area contributed by atoms with Crippen LogP contribution in [0.15, 0.2) is 48.7 Å². The molecule has 2 fully saturated rings. The number of rotatable bonds is 14. The predicted molar refractivity (Wildman–Crippen MR) is 198 cm³/mol. The summed E-state index contributed by atoms with van der Waals surface area (Å²) in [5.74, 6) is -0.312. The highest BCUT2D eigenvalue weighted by Crippen LogP contribution is 2.31. The van der Waals surface area contributed by atoms with E-state index in [1.807, 2.05) is 10.9 Å². The van der Waals surface area contributed by atoms with Crippen LogP contribution in [0.25, 0.3) is 22.2 Å². The first-order valence-corrected chi connectivity index (χ1v) is 18.3. The van der Waals surface area contributed by atoms with E-state index in [-0.39, 0.29) is 30.7 Å². The molecule has 0 atom stereocenters. The number of fused-ring (bicyclic) bond motifs is 1. The molecule has 2 saturated heterocycles. The van der Waals surface area contributed by atoms with Gasteiger partial charge in [-0.3, -0.25) is 14.5 Å². The fourth-order valence-electron chi connectivity index (χ4n) is 6.95. The molecule has 4 heterocycles. The molecule has 4 aromatic rings. The largest absolute Gasteiger partial charge is 0.381 e. The zero-order valence-corrected chi connectivity index (χ0v) is 29.8. The van der Waals surface area contributed by atoms with Crippen LogP contribution >= 0.6 is 0 Å². The third-order valence-corrected chi connectivity index (χ3v) is 9.86. The highest BCUT2D eigenvalue weighted by Gasteiger charge is 2.22. The van der Waals surface area contributed by atoms with Gasteiger partial charge in [0.15, 0.2) is 5.65 Å². The summed E-state index contributed by atoms with van der Waals surface area (Å²) in [7, 11) is 0. The lowest BCUT2D eigenvalue weighted by atomic mass is 9.96. The SMILES string of the molecule is CCc1nc2c(cnn2CC)c(NC2CCOCC2)c1CNC(=O)CCC(=O)NCc1ccc(C)c(-c2cccc(CN3CCNCC3)c2)c1. The Morgan fingerprint density at radius 1 is 0.960 bits per heavy atom. The van der Waals surface area contributed by atoms with Gasteiger partial charge in [-0.05, 0) is 73.1 Å². The first-order valence-electron chi connectivity index (χ1n) is 18.3. The normalized spacial score (nSPS) is 15.7. The van der Waals surface area contributed by atoms with Gasteiger partial charge < -0.3 is 26.0 Å². The maximum atomic E-state index is 13.0. The van der Waals surface area contributed by atoms with Crippen molar-refractivity contribution in [2.75, 3.05) is 44.7 Å². The van der Waals surface area contributed by atoms with Gasteiger partial charge in [-0.1, -0.05) is 37.3 Å². The summed E-state index contributed by atoms with van der Waals surface area (Å²) in [4.78, 5) is 33.3. The van der Waals surface area contributed by atoms with E-state index >= 15 is 0 Å². The Morgan fingerprint density at radius 2 is 1.72 bits per heavy atom. The number of aromatic nitrogens is 3. The molecule has 11 nitrogen and oxygen atoms in total. The van der Waals surface area contributed by atoms with Gasteiger partial charge >= 0.3 is 0 Å². The standard InChI is InChI=1S/C39H52N8O3/c1-4-35-33(38(44-31-13-19-50-20-14-31)34-25-43-47(5-2)39(34)45-35)24-42-37(49)12-11-36(48)41-23-28-10-9-27(3)32(22-28)30-8-6-7-29(21-30)26-46-17-15-40-16-18-46/h6-10,21-22,25,31,40H,4-5,11-20,23-24,26H2,1-3H3,(H,41,48)(H,42,49)(H,44,45). The van der Waals surface area contributed by atoms with Gasteiger partial charge in [0.1, 0.15) is 0 Å². The van der Waals surface area contributed by atoms with Crippen molar-refractivity contribution in [1.82, 2.24) is 35.6 Å². The molecule has 0 saturated carbocycles. The molecular formula is C39H52N8O3. The van der Waals surface area contributed by atoms with E-state index in [2.05, 4.69) is 94.5 Å². The molecular weight excluding hydrogens is 628 g/mol. The average molecular weight is 681 g/mol. The van der Waals surface area contributed by atoms with E-state index in [1.54, 1.807) is 0 Å². The number of hydrogen-bond donors (Lipinski definition) is 4. The summed E-state index contributed by atoms with van der Waals surface area (Å²) in [5, 5.41) is 18.8. The zero-order valence-electron chi connectivity index (χ0n) is 29.8. The number of anilines is 1. The van der Waals surface area contributed by atoms with Gasteiger partial charge in [-0.2, -0.15) is 5.10 Å². The molecule has 50 heavy (non-hydrogen) atoms. The highest BCUT2D eigenvalue weighted by molar-refractivity contribution is 5.92. The number of piperazine rings is 1. The second kappa shape index (κ2) is 17.1. The Morgan fingerprint density at radius 3 is 2.46 bits per heavy atom. The van der Waals surface area contributed by atoms with Crippen molar-refractivity contribution >= 4 is 28.5 Å². The first-order chi connectivity index (χ1) is 24.4. The van der Waals surface area contributed by atoms with Crippen molar-refractivity contribution in [3.8, 4) is 11.1 Å². The summed E-state index contributed by atoms with van der Waals surface area (Å²) < 4.78 is 7.49. The fraction of sp³-hybridized carbons (Fsp3) is 0.487. The van der Waals surface area contributed by atoms with Crippen LogP contribution in [0.4, 0.5) is 5.69 Å². The topological polar surface area (TPSA) is 125 Å². The second-order valence-corrected chi connectivity index (χ2v) is 13.4. The maximum absolute atomic E-state index is 13.0. The Bertz CT molecular complexity index is 1770. The molecule has 2 aromatic heterocycles. The van der Waals surface area contributed by atoms with Crippen LogP contribution in [0.1, 0.15) is 67.5 Å². The fourth-order valence-corrected chi connectivity index (χ4v) is 6.95. The van der Waals surface area contributed by atoms with Crippen molar-refractivity contribution in [3.05, 3.63) is 76.6 Å². The number of nitrogens with zero attached hydrogens (tertiary/aromatic N) is 4. The van der Waals surface area contributed by atoms with Gasteiger partial charge in [0.25, 0.3) is 0 Å². The number of amides is 2. The number of nitrogens with one attached hydrogen (secondary N) is 4. The summed E-state index contributed by atoms with van der Waals surface area (Å²) >= 11 is 0. The average Bonchev–Trinajstić information content (AvgIpc) is 3.57. The minimum atomic E-state index is -0.165. The van der Waals surface area contributed by atoms with Crippen LogP contribution in [0.2, 0.25) is 0 Å². The first kappa shape index (κ1) is 35.5. The molecule has 2 aliphatic heterocycles. The van der Waals surface area contributed by atoms with E-state index in [1.165, 1.54) is 22.3 Å². The van der Waals surface area contributed by atoms with Gasteiger partial charge in [0.2, 0.25) is 11.8 Å². The van der Waals surface area contributed by atoms with E-state index in [4.69, 9.17) is 9.72 Å². The van der Waals surface area contributed by atoms with Crippen LogP contribution in [0, 0.1) is 6.92 Å². The van der Waals surface area contributed by atoms with Crippen LogP contribution in [-0.2, 0) is 46.9 Å². The quantitative estimate of drug-likeness (QED) is 0.151. The Hall–Kier alpha value is -4.32. The molecule has 0 bridgehead atoms. The third kappa shape index (κ3) is 8.88. The number of pyridine rings is 1. The van der Waals surface area contributed by atoms with Crippen molar-refractivity contribution in [2.24, 2.45) is 0 Å². The molecule has 266 valence electrons. The lowest BCUT2D eigenvalue weighted by Gasteiger charge is -2.27.